The first-order valence-corrected chi connectivity index (χ1v) is 5.24. The highest BCUT2D eigenvalue weighted by atomic mass is 16.6. The van der Waals surface area contributed by atoms with Crippen LogP contribution in [0.15, 0.2) is 48.5 Å². The molecule has 0 bridgehead atoms. The van der Waals surface area contributed by atoms with Crippen molar-refractivity contribution in [2.24, 2.45) is 0 Å². The van der Waals surface area contributed by atoms with E-state index in [4.69, 9.17) is 4.74 Å². The van der Waals surface area contributed by atoms with E-state index in [2.05, 4.69) is 0 Å². The molecule has 0 radical (unpaired) electrons. The summed E-state index contributed by atoms with van der Waals surface area (Å²) in [4.78, 5) is 20.3. The number of rotatable bonds is 4. The van der Waals surface area contributed by atoms with Crippen molar-refractivity contribution in [3.63, 3.8) is 0 Å². The molecule has 2 aromatic carbocycles. The van der Waals surface area contributed by atoms with Crippen LogP contribution in [0.5, 0.6) is 11.5 Å². The zero-order valence-electron chi connectivity index (χ0n) is 9.55. The quantitative estimate of drug-likeness (QED) is 0.620. The molecule has 0 aliphatic heterocycles. The molecule has 0 heterocycles. The predicted octanol–water partition coefficient (Wildman–Crippen LogP) is 3.30. The van der Waals surface area contributed by atoms with Crippen LogP contribution < -0.4 is 4.74 Å². The molecule has 2 rings (SSSR count). The minimum Gasteiger partial charge on any atom is -0.444 e. The van der Waals surface area contributed by atoms with Gasteiger partial charge in [0.25, 0.3) is 5.75 Å². The van der Waals surface area contributed by atoms with Crippen LogP contribution in [0.3, 0.4) is 0 Å². The Morgan fingerprint density at radius 2 is 1.32 bits per heavy atom. The molecule has 0 fully saturated rings. The van der Waals surface area contributed by atoms with E-state index in [9.17, 15) is 20.2 Å². The fourth-order valence-corrected chi connectivity index (χ4v) is 1.51. The maximum Gasteiger partial charge on any atom is 0.318 e. The van der Waals surface area contributed by atoms with Crippen molar-refractivity contribution in [3.05, 3.63) is 68.8 Å². The second kappa shape index (κ2) is 5.13. The molecule has 7 nitrogen and oxygen atoms in total. The maximum atomic E-state index is 10.9. The molecule has 0 N–H and O–H groups in total. The predicted molar refractivity (Wildman–Crippen MR) is 66.3 cm³/mol. The van der Waals surface area contributed by atoms with Crippen molar-refractivity contribution in [2.45, 2.75) is 0 Å². The third-order valence-electron chi connectivity index (χ3n) is 2.33. The van der Waals surface area contributed by atoms with Crippen molar-refractivity contribution < 1.29 is 14.6 Å². The lowest BCUT2D eigenvalue weighted by Crippen LogP contribution is -1.98. The van der Waals surface area contributed by atoms with Gasteiger partial charge in [0.15, 0.2) is 0 Å². The Bertz CT molecular complexity index is 595. The Kier molecular flexibility index (Phi) is 3.37. The van der Waals surface area contributed by atoms with Crippen LogP contribution in [-0.4, -0.2) is 9.85 Å². The summed E-state index contributed by atoms with van der Waals surface area (Å²) in [5.41, 5.74) is -0.892. The molecule has 7 heteroatoms. The highest BCUT2D eigenvalue weighted by Crippen LogP contribution is 2.39. The van der Waals surface area contributed by atoms with Gasteiger partial charge in [-0.3, -0.25) is 20.2 Å². The smallest absolute Gasteiger partial charge is 0.318 e. The first-order chi connectivity index (χ1) is 9.09. The van der Waals surface area contributed by atoms with E-state index >= 15 is 0 Å². The molecule has 2 aromatic rings. The van der Waals surface area contributed by atoms with Crippen molar-refractivity contribution >= 4 is 11.4 Å². The molecule has 96 valence electrons. The molecule has 0 saturated carbocycles. The van der Waals surface area contributed by atoms with E-state index in [0.717, 1.165) is 12.1 Å². The number of hydrogen-bond donors (Lipinski definition) is 0. The highest BCUT2D eigenvalue weighted by Gasteiger charge is 2.26. The molecule has 0 saturated heterocycles. The lowest BCUT2D eigenvalue weighted by molar-refractivity contribution is -0.395. The lowest BCUT2D eigenvalue weighted by Gasteiger charge is -2.06. The Morgan fingerprint density at radius 3 is 1.79 bits per heavy atom. The molecule has 19 heavy (non-hydrogen) atoms. The van der Waals surface area contributed by atoms with Gasteiger partial charge < -0.3 is 4.74 Å². The van der Waals surface area contributed by atoms with E-state index in [1.54, 1.807) is 30.3 Å². The number of nitro groups is 2. The van der Waals surface area contributed by atoms with Gasteiger partial charge in [-0.05, 0) is 18.2 Å². The second-order valence-corrected chi connectivity index (χ2v) is 3.55. The highest BCUT2D eigenvalue weighted by molar-refractivity contribution is 5.61. The van der Waals surface area contributed by atoms with E-state index < -0.39 is 21.2 Å². The molecule has 0 aliphatic carbocycles. The number of ether oxygens (including phenoxy) is 1. The Labute approximate surface area is 107 Å². The van der Waals surface area contributed by atoms with E-state index in [-0.39, 0.29) is 5.75 Å². The summed E-state index contributed by atoms with van der Waals surface area (Å²) in [5.74, 6) is -0.0800. The van der Waals surface area contributed by atoms with Crippen LogP contribution in [-0.2, 0) is 0 Å². The third kappa shape index (κ3) is 2.65. The largest absolute Gasteiger partial charge is 0.444 e. The van der Waals surface area contributed by atoms with E-state index in [1.807, 2.05) is 0 Å². The van der Waals surface area contributed by atoms with Gasteiger partial charge in [0, 0.05) is 12.1 Å². The van der Waals surface area contributed by atoms with Crippen LogP contribution in [0.1, 0.15) is 0 Å². The fraction of sp³-hybridized carbons (Fsp3) is 0. The summed E-state index contributed by atoms with van der Waals surface area (Å²) in [7, 11) is 0. The minimum absolute atomic E-state index is 0.292. The van der Waals surface area contributed by atoms with E-state index in [0.29, 0.717) is 5.75 Å². The van der Waals surface area contributed by atoms with Crippen LogP contribution in [0.2, 0.25) is 0 Å². The average Bonchev–Trinajstić information content (AvgIpc) is 2.39. The van der Waals surface area contributed by atoms with Crippen LogP contribution in [0.25, 0.3) is 0 Å². The van der Waals surface area contributed by atoms with Gasteiger partial charge in [-0.2, -0.15) is 0 Å². The summed E-state index contributed by atoms with van der Waals surface area (Å²) in [6.07, 6.45) is 0. The Balaban J connectivity index is 2.52. The molecular formula is C12H8N2O5. The van der Waals surface area contributed by atoms with E-state index in [1.165, 1.54) is 6.07 Å². The molecular weight excluding hydrogens is 252 g/mol. The Morgan fingerprint density at radius 1 is 0.789 bits per heavy atom. The SMILES string of the molecule is O=[N+]([O-])c1cccc([N+](=O)[O-])c1Oc1ccccc1. The zero-order chi connectivity index (χ0) is 13.8. The molecule has 0 amide bonds. The van der Waals surface area contributed by atoms with Gasteiger partial charge in [0.2, 0.25) is 0 Å². The van der Waals surface area contributed by atoms with Gasteiger partial charge in [0.1, 0.15) is 5.75 Å². The summed E-state index contributed by atoms with van der Waals surface area (Å²) >= 11 is 0. The summed E-state index contributed by atoms with van der Waals surface area (Å²) < 4.78 is 5.28. The van der Waals surface area contributed by atoms with Gasteiger partial charge in [-0.25, -0.2) is 0 Å². The third-order valence-corrected chi connectivity index (χ3v) is 2.33. The maximum absolute atomic E-state index is 10.9. The van der Waals surface area contributed by atoms with Crippen molar-refractivity contribution in [1.29, 1.82) is 0 Å². The zero-order valence-corrected chi connectivity index (χ0v) is 9.55. The van der Waals surface area contributed by atoms with Crippen molar-refractivity contribution in [1.82, 2.24) is 0 Å². The molecule has 0 unspecified atom stereocenters. The molecule has 0 aromatic heterocycles. The first-order valence-electron chi connectivity index (χ1n) is 5.24. The number of hydrogen-bond acceptors (Lipinski definition) is 5. The standard InChI is InChI=1S/C12H8N2O5/c15-13(16)10-7-4-8-11(14(17)18)12(10)19-9-5-2-1-3-6-9/h1-8H. The first kappa shape index (κ1) is 12.5. The number of benzene rings is 2. The number of nitro benzene ring substituents is 2. The molecule has 0 spiro atoms. The monoisotopic (exact) mass is 260 g/mol. The van der Waals surface area contributed by atoms with Crippen molar-refractivity contribution in [3.8, 4) is 11.5 Å². The summed E-state index contributed by atoms with van der Waals surface area (Å²) in [6.45, 7) is 0. The average molecular weight is 260 g/mol. The van der Waals surface area contributed by atoms with Crippen LogP contribution in [0, 0.1) is 20.2 Å². The van der Waals surface area contributed by atoms with Gasteiger partial charge in [-0.15, -0.1) is 0 Å². The number of para-hydroxylation sites is 2. The van der Waals surface area contributed by atoms with Gasteiger partial charge in [-0.1, -0.05) is 18.2 Å². The normalized spacial score (nSPS) is 9.89. The Hall–Kier alpha value is -2.96. The topological polar surface area (TPSA) is 95.5 Å². The summed E-state index contributed by atoms with van der Waals surface area (Å²) in [6, 6.07) is 11.7. The van der Waals surface area contributed by atoms with Crippen LogP contribution in [0.4, 0.5) is 11.4 Å². The summed E-state index contributed by atoms with van der Waals surface area (Å²) in [5, 5.41) is 21.8. The van der Waals surface area contributed by atoms with Crippen molar-refractivity contribution in [2.75, 3.05) is 0 Å². The second-order valence-electron chi connectivity index (χ2n) is 3.55. The minimum atomic E-state index is -0.717. The molecule has 0 atom stereocenters. The van der Waals surface area contributed by atoms with Gasteiger partial charge in [0.05, 0.1) is 9.85 Å². The number of nitrogens with zero attached hydrogens (tertiary/aromatic N) is 2. The van der Waals surface area contributed by atoms with Crippen LogP contribution >= 0.6 is 0 Å². The fourth-order valence-electron chi connectivity index (χ4n) is 1.51. The molecule has 0 aliphatic rings. The lowest BCUT2D eigenvalue weighted by atomic mass is 10.2. The van der Waals surface area contributed by atoms with Gasteiger partial charge >= 0.3 is 11.4 Å².